The lowest BCUT2D eigenvalue weighted by Gasteiger charge is -2.31. The number of nitrogens with zero attached hydrogens (tertiary/aromatic N) is 1. The van der Waals surface area contributed by atoms with Crippen molar-refractivity contribution in [2.24, 2.45) is 5.92 Å². The summed E-state index contributed by atoms with van der Waals surface area (Å²) in [5.74, 6) is 0.0657. The van der Waals surface area contributed by atoms with Gasteiger partial charge in [-0.1, -0.05) is 12.8 Å². The first-order chi connectivity index (χ1) is 13.8. The minimum atomic E-state index is -3.70. The van der Waals surface area contributed by atoms with Gasteiger partial charge >= 0.3 is 0 Å². The molecule has 0 radical (unpaired) electrons. The number of carbonyl (C=O) groups is 2. The van der Waals surface area contributed by atoms with Gasteiger partial charge in [0.1, 0.15) is 5.75 Å². The number of sulfonamides is 1. The number of benzene rings is 1. The number of amides is 2. The first-order valence-corrected chi connectivity index (χ1v) is 11.7. The highest BCUT2D eigenvalue weighted by atomic mass is 32.2. The lowest BCUT2D eigenvalue weighted by molar-refractivity contribution is -0.126. The van der Waals surface area contributed by atoms with Crippen LogP contribution in [0.5, 0.6) is 5.75 Å². The van der Waals surface area contributed by atoms with E-state index in [0.29, 0.717) is 37.4 Å². The van der Waals surface area contributed by atoms with E-state index in [9.17, 15) is 18.0 Å². The molecule has 2 N–H and O–H groups in total. The number of hydrogen-bond acceptors (Lipinski definition) is 5. The molecule has 2 heterocycles. The third-order valence-electron chi connectivity index (χ3n) is 6.05. The number of hydrogen-bond donors (Lipinski definition) is 2. The number of nitrogens with one attached hydrogen (secondary N) is 2. The number of fused-ring (bicyclic) bond motifs is 1. The van der Waals surface area contributed by atoms with E-state index in [4.69, 9.17) is 4.74 Å². The van der Waals surface area contributed by atoms with Crippen LogP contribution in [-0.2, 0) is 19.6 Å². The Hall–Kier alpha value is -2.13. The van der Waals surface area contributed by atoms with E-state index in [1.165, 1.54) is 16.4 Å². The highest BCUT2D eigenvalue weighted by Gasteiger charge is 2.34. The van der Waals surface area contributed by atoms with Gasteiger partial charge in [0.15, 0.2) is 6.10 Å². The first kappa shape index (κ1) is 20.2. The van der Waals surface area contributed by atoms with Gasteiger partial charge in [-0.2, -0.15) is 4.31 Å². The maximum absolute atomic E-state index is 13.0. The Labute approximate surface area is 171 Å². The van der Waals surface area contributed by atoms with E-state index in [-0.39, 0.29) is 28.7 Å². The van der Waals surface area contributed by atoms with Crippen LogP contribution >= 0.6 is 0 Å². The molecule has 158 valence electrons. The van der Waals surface area contributed by atoms with Gasteiger partial charge in [-0.15, -0.1) is 0 Å². The lowest BCUT2D eigenvalue weighted by atomic mass is 9.97. The molecule has 4 rings (SSSR count). The van der Waals surface area contributed by atoms with E-state index >= 15 is 0 Å². The Kier molecular flexibility index (Phi) is 5.52. The van der Waals surface area contributed by atoms with Crippen molar-refractivity contribution in [3.8, 4) is 5.75 Å². The Balaban J connectivity index is 1.41. The molecule has 1 aromatic carbocycles. The molecule has 3 aliphatic rings. The molecule has 1 aromatic rings. The smallest absolute Gasteiger partial charge is 0.265 e. The molecule has 0 aromatic heterocycles. The molecule has 29 heavy (non-hydrogen) atoms. The normalized spacial score (nSPS) is 23.9. The summed E-state index contributed by atoms with van der Waals surface area (Å²) >= 11 is 0. The van der Waals surface area contributed by atoms with Crippen LogP contribution in [0.15, 0.2) is 23.1 Å². The molecule has 1 aliphatic carbocycles. The van der Waals surface area contributed by atoms with Crippen molar-refractivity contribution in [1.82, 2.24) is 9.62 Å². The van der Waals surface area contributed by atoms with Crippen LogP contribution in [0, 0.1) is 5.92 Å². The number of anilines is 1. The summed E-state index contributed by atoms with van der Waals surface area (Å²) in [6, 6.07) is 4.78. The van der Waals surface area contributed by atoms with Crippen molar-refractivity contribution in [1.29, 1.82) is 0 Å². The van der Waals surface area contributed by atoms with Gasteiger partial charge in [0.25, 0.3) is 5.91 Å². The number of carbonyl (C=O) groups excluding carboxylic acids is 2. The topological polar surface area (TPSA) is 105 Å². The van der Waals surface area contributed by atoms with Crippen molar-refractivity contribution >= 4 is 27.5 Å². The maximum Gasteiger partial charge on any atom is 0.265 e. The Morgan fingerprint density at radius 2 is 1.86 bits per heavy atom. The van der Waals surface area contributed by atoms with E-state index in [1.54, 1.807) is 13.0 Å². The highest BCUT2D eigenvalue weighted by molar-refractivity contribution is 7.89. The third kappa shape index (κ3) is 4.11. The molecule has 0 unspecified atom stereocenters. The van der Waals surface area contributed by atoms with Crippen LogP contribution < -0.4 is 15.4 Å². The predicted molar refractivity (Wildman–Crippen MR) is 107 cm³/mol. The molecular weight excluding hydrogens is 394 g/mol. The van der Waals surface area contributed by atoms with Crippen molar-refractivity contribution in [3.05, 3.63) is 18.2 Å². The molecule has 1 saturated heterocycles. The summed E-state index contributed by atoms with van der Waals surface area (Å²) in [5, 5.41) is 5.80. The molecule has 1 atom stereocenters. The van der Waals surface area contributed by atoms with Crippen LogP contribution in [0.4, 0.5) is 5.69 Å². The second-order valence-corrected chi connectivity index (χ2v) is 10.0. The summed E-state index contributed by atoms with van der Waals surface area (Å²) < 4.78 is 33.0. The summed E-state index contributed by atoms with van der Waals surface area (Å²) in [4.78, 5) is 24.4. The van der Waals surface area contributed by atoms with Gasteiger partial charge in [-0.05, 0) is 50.8 Å². The van der Waals surface area contributed by atoms with E-state index in [2.05, 4.69) is 10.6 Å². The molecule has 9 heteroatoms. The second-order valence-electron chi connectivity index (χ2n) is 8.08. The van der Waals surface area contributed by atoms with Crippen LogP contribution in [-0.4, -0.2) is 49.8 Å². The van der Waals surface area contributed by atoms with Crippen molar-refractivity contribution in [3.63, 3.8) is 0 Å². The monoisotopic (exact) mass is 421 g/mol. The van der Waals surface area contributed by atoms with Crippen LogP contribution in [0.1, 0.15) is 45.4 Å². The fourth-order valence-electron chi connectivity index (χ4n) is 4.24. The number of piperidine rings is 1. The van der Waals surface area contributed by atoms with Gasteiger partial charge in [0, 0.05) is 25.0 Å². The summed E-state index contributed by atoms with van der Waals surface area (Å²) in [5.41, 5.74) is 0.361. The highest BCUT2D eigenvalue weighted by Crippen LogP contribution is 2.33. The van der Waals surface area contributed by atoms with Gasteiger partial charge in [0.05, 0.1) is 10.6 Å². The number of rotatable bonds is 4. The average molecular weight is 422 g/mol. The maximum atomic E-state index is 13.0. The third-order valence-corrected chi connectivity index (χ3v) is 7.94. The van der Waals surface area contributed by atoms with E-state index < -0.39 is 16.1 Å². The van der Waals surface area contributed by atoms with Gasteiger partial charge in [-0.25, -0.2) is 8.42 Å². The minimum absolute atomic E-state index is 0.0525. The van der Waals surface area contributed by atoms with Crippen LogP contribution in [0.3, 0.4) is 0 Å². The largest absolute Gasteiger partial charge is 0.479 e. The Bertz CT molecular complexity index is 903. The molecule has 2 aliphatic heterocycles. The van der Waals surface area contributed by atoms with Crippen molar-refractivity contribution in [2.45, 2.75) is 62.5 Å². The minimum Gasteiger partial charge on any atom is -0.479 e. The summed E-state index contributed by atoms with van der Waals surface area (Å²) in [6.07, 6.45) is 4.81. The zero-order chi connectivity index (χ0) is 20.6. The summed E-state index contributed by atoms with van der Waals surface area (Å²) in [7, 11) is -3.70. The van der Waals surface area contributed by atoms with Crippen LogP contribution in [0.2, 0.25) is 0 Å². The standard InChI is InChI=1S/C20H27N3O5S/c1-13-19(24)22-17-12-16(6-7-18(17)28-13)29(26,27)23-10-8-14(9-11-23)20(25)21-15-4-2-3-5-15/h6-7,12-15H,2-5,8-11H2,1H3,(H,21,25)(H,22,24)/t13-/m1/s1. The SMILES string of the molecule is C[C@H]1Oc2ccc(S(=O)(=O)N3CCC(C(=O)NC4CCCC4)CC3)cc2NC1=O. The van der Waals surface area contributed by atoms with Crippen molar-refractivity contribution < 1.29 is 22.7 Å². The lowest BCUT2D eigenvalue weighted by Crippen LogP contribution is -2.44. The molecule has 8 nitrogen and oxygen atoms in total. The molecule has 1 saturated carbocycles. The van der Waals surface area contributed by atoms with Crippen LogP contribution in [0.25, 0.3) is 0 Å². The van der Waals surface area contributed by atoms with E-state index in [1.807, 2.05) is 0 Å². The second kappa shape index (κ2) is 7.95. The fraction of sp³-hybridized carbons (Fsp3) is 0.600. The van der Waals surface area contributed by atoms with Gasteiger partial charge in [0.2, 0.25) is 15.9 Å². The molecule has 0 spiro atoms. The first-order valence-electron chi connectivity index (χ1n) is 10.3. The zero-order valence-electron chi connectivity index (χ0n) is 16.5. The van der Waals surface area contributed by atoms with Gasteiger partial charge in [-0.3, -0.25) is 9.59 Å². The average Bonchev–Trinajstić information content (AvgIpc) is 3.21. The molecule has 2 amide bonds. The molecular formula is C20H27N3O5S. The zero-order valence-corrected chi connectivity index (χ0v) is 17.3. The van der Waals surface area contributed by atoms with Gasteiger partial charge < -0.3 is 15.4 Å². The summed E-state index contributed by atoms with van der Waals surface area (Å²) in [6.45, 7) is 2.25. The van der Waals surface area contributed by atoms with E-state index in [0.717, 1.165) is 25.7 Å². The van der Waals surface area contributed by atoms with Crippen molar-refractivity contribution in [2.75, 3.05) is 18.4 Å². The fourth-order valence-corrected chi connectivity index (χ4v) is 5.74. The quantitative estimate of drug-likeness (QED) is 0.772. The number of ether oxygens (including phenoxy) is 1. The predicted octanol–water partition coefficient (Wildman–Crippen LogP) is 1.87. The Morgan fingerprint density at radius 1 is 1.17 bits per heavy atom. The molecule has 2 fully saturated rings. The molecule has 0 bridgehead atoms. The Morgan fingerprint density at radius 3 is 2.55 bits per heavy atom.